The van der Waals surface area contributed by atoms with Crippen LogP contribution in [-0.4, -0.2) is 6.41 Å². The maximum absolute atomic E-state index is 13.7. The molecule has 1 amide bonds. The highest BCUT2D eigenvalue weighted by molar-refractivity contribution is 5.75. The summed E-state index contributed by atoms with van der Waals surface area (Å²) in [5.74, 6) is -4.12. The van der Waals surface area contributed by atoms with Crippen LogP contribution in [0.15, 0.2) is 36.4 Å². The van der Waals surface area contributed by atoms with Crippen LogP contribution in [0.1, 0.15) is 5.56 Å². The number of benzene rings is 2. The predicted octanol–water partition coefficient (Wildman–Crippen LogP) is 4.34. The van der Waals surface area contributed by atoms with Gasteiger partial charge < -0.3 is 10.1 Å². The zero-order valence-electron chi connectivity index (χ0n) is 10.7. The third-order valence-corrected chi connectivity index (χ3v) is 2.64. The van der Waals surface area contributed by atoms with Crippen LogP contribution >= 0.6 is 0 Å². The fourth-order valence-electron chi connectivity index (χ4n) is 1.67. The Hall–Kier alpha value is -2.64. The lowest BCUT2D eigenvalue weighted by Gasteiger charge is -2.13. The molecule has 1 N–H and O–H groups in total. The van der Waals surface area contributed by atoms with Crippen molar-refractivity contribution in [2.75, 3.05) is 5.32 Å². The number of carbonyl (C=O) groups excluding carboxylic acids is 1. The van der Waals surface area contributed by atoms with Gasteiger partial charge in [0.2, 0.25) is 6.41 Å². The van der Waals surface area contributed by atoms with E-state index in [2.05, 4.69) is 5.32 Å². The van der Waals surface area contributed by atoms with E-state index in [-0.39, 0.29) is 23.6 Å². The fraction of sp³-hybridized carbons (Fsp3) is 0.0714. The van der Waals surface area contributed by atoms with E-state index in [1.165, 1.54) is 24.3 Å². The largest absolute Gasteiger partial charge is 0.449 e. The van der Waals surface area contributed by atoms with Crippen molar-refractivity contribution in [1.29, 1.82) is 0 Å². The van der Waals surface area contributed by atoms with Crippen molar-refractivity contribution in [2.24, 2.45) is 0 Å². The van der Waals surface area contributed by atoms with Crippen molar-refractivity contribution in [2.45, 2.75) is 6.18 Å². The van der Waals surface area contributed by atoms with Crippen LogP contribution in [0.25, 0.3) is 0 Å². The number of ether oxygens (including phenoxy) is 1. The van der Waals surface area contributed by atoms with Gasteiger partial charge in [0.15, 0.2) is 23.1 Å². The van der Waals surface area contributed by atoms with E-state index in [4.69, 9.17) is 4.74 Å². The fourth-order valence-corrected chi connectivity index (χ4v) is 1.67. The minimum absolute atomic E-state index is 0.108. The lowest BCUT2D eigenvalue weighted by Crippen LogP contribution is -2.07. The number of rotatable bonds is 4. The number of hydrogen-bond donors (Lipinski definition) is 1. The summed E-state index contributed by atoms with van der Waals surface area (Å²) in [5, 5.41) is 2.24. The van der Waals surface area contributed by atoms with Crippen LogP contribution in [-0.2, 0) is 11.0 Å². The standard InChI is InChI=1S/C14H8F5NO2/c15-9-5-8(14(17,18)19)6-10(16)13(9)22-12-4-2-1-3-11(12)20-7-21/h1-7H,(H,20,21). The molecule has 0 saturated heterocycles. The maximum atomic E-state index is 13.7. The summed E-state index contributed by atoms with van der Waals surface area (Å²) in [6.45, 7) is 0. The third kappa shape index (κ3) is 3.33. The van der Waals surface area contributed by atoms with E-state index in [0.717, 1.165) is 0 Å². The molecule has 0 atom stereocenters. The van der Waals surface area contributed by atoms with Gasteiger partial charge in [0, 0.05) is 0 Å². The first-order chi connectivity index (χ1) is 10.3. The Bertz CT molecular complexity index is 677. The molecule has 0 saturated carbocycles. The predicted molar refractivity (Wildman–Crippen MR) is 67.6 cm³/mol. The Morgan fingerprint density at radius 1 is 1.05 bits per heavy atom. The molecule has 2 aromatic carbocycles. The van der Waals surface area contributed by atoms with Crippen molar-refractivity contribution in [1.82, 2.24) is 0 Å². The minimum Gasteiger partial charge on any atom is -0.449 e. The summed E-state index contributed by atoms with van der Waals surface area (Å²) in [5.41, 5.74) is -1.36. The average Bonchev–Trinajstić information content (AvgIpc) is 2.43. The second-order valence-electron chi connectivity index (χ2n) is 4.13. The highest BCUT2D eigenvalue weighted by Gasteiger charge is 2.33. The molecular weight excluding hydrogens is 309 g/mol. The zero-order valence-corrected chi connectivity index (χ0v) is 10.7. The molecule has 0 radical (unpaired) electrons. The molecular formula is C14H8F5NO2. The number of para-hydroxylation sites is 2. The van der Waals surface area contributed by atoms with Gasteiger partial charge in [0.25, 0.3) is 0 Å². The van der Waals surface area contributed by atoms with E-state index < -0.39 is 29.1 Å². The zero-order chi connectivity index (χ0) is 16.3. The van der Waals surface area contributed by atoms with Gasteiger partial charge >= 0.3 is 6.18 Å². The van der Waals surface area contributed by atoms with Gasteiger partial charge in [0.05, 0.1) is 11.3 Å². The SMILES string of the molecule is O=CNc1ccccc1Oc1c(F)cc(C(F)(F)F)cc1F. The van der Waals surface area contributed by atoms with Gasteiger partial charge in [-0.3, -0.25) is 4.79 Å². The van der Waals surface area contributed by atoms with Crippen LogP contribution < -0.4 is 10.1 Å². The smallest absolute Gasteiger partial charge is 0.416 e. The molecule has 0 aromatic heterocycles. The number of carbonyl (C=O) groups is 1. The van der Waals surface area contributed by atoms with Crippen molar-refractivity contribution >= 4 is 12.1 Å². The molecule has 0 fully saturated rings. The van der Waals surface area contributed by atoms with Crippen molar-refractivity contribution in [3.63, 3.8) is 0 Å². The van der Waals surface area contributed by atoms with E-state index >= 15 is 0 Å². The first kappa shape index (κ1) is 15.7. The number of nitrogens with one attached hydrogen (secondary N) is 1. The van der Waals surface area contributed by atoms with Crippen molar-refractivity contribution in [3.8, 4) is 11.5 Å². The number of amides is 1. The van der Waals surface area contributed by atoms with Crippen LogP contribution in [0, 0.1) is 11.6 Å². The second kappa shape index (κ2) is 6.00. The molecule has 0 aliphatic heterocycles. The van der Waals surface area contributed by atoms with E-state index in [1.807, 2.05) is 0 Å². The summed E-state index contributed by atoms with van der Waals surface area (Å²) >= 11 is 0. The first-order valence-electron chi connectivity index (χ1n) is 5.86. The summed E-state index contributed by atoms with van der Waals surface area (Å²) in [6, 6.07) is 5.94. The monoisotopic (exact) mass is 317 g/mol. The highest BCUT2D eigenvalue weighted by Crippen LogP contribution is 2.37. The topological polar surface area (TPSA) is 38.3 Å². The number of halogens is 5. The number of hydrogen-bond acceptors (Lipinski definition) is 2. The second-order valence-corrected chi connectivity index (χ2v) is 4.13. The first-order valence-corrected chi connectivity index (χ1v) is 5.86. The summed E-state index contributed by atoms with van der Waals surface area (Å²) in [7, 11) is 0. The van der Waals surface area contributed by atoms with Gasteiger partial charge in [-0.15, -0.1) is 0 Å². The molecule has 22 heavy (non-hydrogen) atoms. The van der Waals surface area contributed by atoms with E-state index in [0.29, 0.717) is 6.41 Å². The lowest BCUT2D eigenvalue weighted by molar-refractivity contribution is -0.138. The Morgan fingerprint density at radius 3 is 2.18 bits per heavy atom. The summed E-state index contributed by atoms with van der Waals surface area (Å²) < 4.78 is 69.7. The molecule has 0 aliphatic carbocycles. The number of alkyl halides is 3. The minimum atomic E-state index is -4.88. The van der Waals surface area contributed by atoms with Gasteiger partial charge in [-0.25, -0.2) is 8.78 Å². The molecule has 0 unspecified atom stereocenters. The van der Waals surface area contributed by atoms with Crippen molar-refractivity contribution < 1.29 is 31.5 Å². The van der Waals surface area contributed by atoms with E-state index in [9.17, 15) is 26.7 Å². The normalized spacial score (nSPS) is 11.1. The van der Waals surface area contributed by atoms with E-state index in [1.54, 1.807) is 0 Å². The molecule has 116 valence electrons. The molecule has 0 bridgehead atoms. The molecule has 0 heterocycles. The van der Waals surface area contributed by atoms with Crippen LogP contribution in [0.2, 0.25) is 0 Å². The Labute approximate surface area is 121 Å². The third-order valence-electron chi connectivity index (χ3n) is 2.64. The molecule has 0 spiro atoms. The molecule has 0 aliphatic rings. The Kier molecular flexibility index (Phi) is 4.30. The van der Waals surface area contributed by atoms with Crippen molar-refractivity contribution in [3.05, 3.63) is 53.6 Å². The highest BCUT2D eigenvalue weighted by atomic mass is 19.4. The summed E-state index contributed by atoms with van der Waals surface area (Å²) in [6.07, 6.45) is -4.56. The number of anilines is 1. The van der Waals surface area contributed by atoms with Crippen LogP contribution in [0.3, 0.4) is 0 Å². The average molecular weight is 317 g/mol. The van der Waals surface area contributed by atoms with Crippen LogP contribution in [0.5, 0.6) is 11.5 Å². The van der Waals surface area contributed by atoms with Gasteiger partial charge in [0.1, 0.15) is 0 Å². The Balaban J connectivity index is 2.41. The van der Waals surface area contributed by atoms with Gasteiger partial charge in [-0.2, -0.15) is 13.2 Å². The molecule has 8 heteroatoms. The molecule has 2 rings (SSSR count). The van der Waals surface area contributed by atoms with Gasteiger partial charge in [-0.05, 0) is 24.3 Å². The van der Waals surface area contributed by atoms with Gasteiger partial charge in [-0.1, -0.05) is 12.1 Å². The molecule has 2 aromatic rings. The molecule has 3 nitrogen and oxygen atoms in total. The maximum Gasteiger partial charge on any atom is 0.416 e. The lowest BCUT2D eigenvalue weighted by atomic mass is 10.2. The quantitative estimate of drug-likeness (QED) is 0.673. The summed E-state index contributed by atoms with van der Waals surface area (Å²) in [4.78, 5) is 10.4. The van der Waals surface area contributed by atoms with Crippen LogP contribution in [0.4, 0.5) is 27.6 Å². The Morgan fingerprint density at radius 2 is 1.64 bits per heavy atom.